The highest BCUT2D eigenvalue weighted by atomic mass is 19.1. The summed E-state index contributed by atoms with van der Waals surface area (Å²) in [6.07, 6.45) is 2.72. The number of methoxy groups -OCH3 is 1. The summed E-state index contributed by atoms with van der Waals surface area (Å²) in [5.74, 6) is -4.40. The predicted octanol–water partition coefficient (Wildman–Crippen LogP) is 0.447. The van der Waals surface area contributed by atoms with Gasteiger partial charge in [-0.25, -0.2) is 4.39 Å². The van der Waals surface area contributed by atoms with Crippen LogP contribution in [0.15, 0.2) is 23.7 Å². The predicted molar refractivity (Wildman–Crippen MR) is 55.4 cm³/mol. The number of carbonyl (C=O) groups excluding carboxylic acids is 1. The fraction of sp³-hybridized carbons (Fsp3) is 0.455. The summed E-state index contributed by atoms with van der Waals surface area (Å²) in [6.45, 7) is 0.162. The van der Waals surface area contributed by atoms with Gasteiger partial charge in [0.1, 0.15) is 17.5 Å². The summed E-state index contributed by atoms with van der Waals surface area (Å²) < 4.78 is 18.5. The fourth-order valence-electron chi connectivity index (χ4n) is 2.26. The van der Waals surface area contributed by atoms with E-state index in [4.69, 9.17) is 9.84 Å². The van der Waals surface area contributed by atoms with E-state index in [1.165, 1.54) is 19.3 Å². The number of aliphatic carboxylic acids is 1. The Bertz CT molecular complexity index is 429. The molecule has 0 spiro atoms. The van der Waals surface area contributed by atoms with Crippen LogP contribution < -0.4 is 5.32 Å². The molecule has 1 fully saturated rings. The van der Waals surface area contributed by atoms with Crippen molar-refractivity contribution < 1.29 is 23.8 Å². The molecule has 0 bridgehead atoms. The van der Waals surface area contributed by atoms with Crippen LogP contribution in [0, 0.1) is 17.8 Å². The van der Waals surface area contributed by atoms with Crippen molar-refractivity contribution >= 4 is 11.9 Å². The summed E-state index contributed by atoms with van der Waals surface area (Å²) >= 11 is 0. The first kappa shape index (κ1) is 11.6. The van der Waals surface area contributed by atoms with E-state index in [0.717, 1.165) is 0 Å². The van der Waals surface area contributed by atoms with Crippen LogP contribution in [0.3, 0.4) is 0 Å². The second-order valence-corrected chi connectivity index (χ2v) is 4.05. The highest BCUT2D eigenvalue weighted by Gasteiger charge is 2.46. The summed E-state index contributed by atoms with van der Waals surface area (Å²) in [7, 11) is 1.41. The Balaban J connectivity index is 2.24. The van der Waals surface area contributed by atoms with Gasteiger partial charge in [-0.2, -0.15) is 0 Å². The molecule has 1 aliphatic heterocycles. The molecular weight excluding hydrogens is 229 g/mol. The molecule has 1 heterocycles. The minimum absolute atomic E-state index is 0.162. The molecule has 1 saturated heterocycles. The van der Waals surface area contributed by atoms with Crippen molar-refractivity contribution in [2.24, 2.45) is 17.8 Å². The molecule has 3 atom stereocenters. The molecule has 6 heteroatoms. The Morgan fingerprint density at radius 1 is 1.65 bits per heavy atom. The third kappa shape index (κ3) is 1.90. The van der Waals surface area contributed by atoms with Gasteiger partial charge in [-0.15, -0.1) is 0 Å². The second-order valence-electron chi connectivity index (χ2n) is 4.05. The van der Waals surface area contributed by atoms with E-state index >= 15 is 0 Å². The first-order chi connectivity index (χ1) is 8.04. The maximum absolute atomic E-state index is 13.6. The van der Waals surface area contributed by atoms with Gasteiger partial charge in [0, 0.05) is 24.5 Å². The Labute approximate surface area is 96.9 Å². The number of hydrogen-bond acceptors (Lipinski definition) is 3. The Kier molecular flexibility index (Phi) is 2.87. The van der Waals surface area contributed by atoms with Crippen LogP contribution >= 0.6 is 0 Å². The molecule has 17 heavy (non-hydrogen) atoms. The zero-order valence-electron chi connectivity index (χ0n) is 9.14. The molecule has 2 N–H and O–H groups in total. The summed E-state index contributed by atoms with van der Waals surface area (Å²) in [5, 5.41) is 11.4. The van der Waals surface area contributed by atoms with E-state index < -0.39 is 35.5 Å². The smallest absolute Gasteiger partial charge is 0.316 e. The van der Waals surface area contributed by atoms with Crippen LogP contribution in [0.5, 0.6) is 0 Å². The number of hydrogen-bond donors (Lipinski definition) is 2. The van der Waals surface area contributed by atoms with Gasteiger partial charge in [-0.1, -0.05) is 0 Å². The molecule has 0 radical (unpaired) electrons. The average molecular weight is 241 g/mol. The van der Waals surface area contributed by atoms with Gasteiger partial charge in [0.2, 0.25) is 5.91 Å². The topological polar surface area (TPSA) is 75.6 Å². The standard InChI is InChI=1S/C11H12FNO4/c1-17-5-2-6(8(12)3-5)7-4-13-10(14)9(7)11(15)16/h2-3,6-7,9H,4H2,1H3,(H,13,14)(H,15,16)/t6?,7?,9-/m0/s1. The quantitative estimate of drug-likeness (QED) is 0.703. The van der Waals surface area contributed by atoms with Gasteiger partial charge in [-0.3, -0.25) is 9.59 Å². The maximum atomic E-state index is 13.6. The van der Waals surface area contributed by atoms with Gasteiger partial charge < -0.3 is 15.2 Å². The second kappa shape index (κ2) is 4.20. The highest BCUT2D eigenvalue weighted by Crippen LogP contribution is 2.37. The van der Waals surface area contributed by atoms with E-state index in [-0.39, 0.29) is 6.54 Å². The fourth-order valence-corrected chi connectivity index (χ4v) is 2.26. The van der Waals surface area contributed by atoms with E-state index in [1.807, 2.05) is 0 Å². The zero-order chi connectivity index (χ0) is 12.6. The van der Waals surface area contributed by atoms with Crippen molar-refractivity contribution in [1.82, 2.24) is 5.32 Å². The average Bonchev–Trinajstić information content (AvgIpc) is 2.81. The number of carbonyl (C=O) groups is 2. The van der Waals surface area contributed by atoms with Gasteiger partial charge in [0.15, 0.2) is 0 Å². The first-order valence-corrected chi connectivity index (χ1v) is 5.18. The number of nitrogens with one attached hydrogen (secondary N) is 1. The molecule has 2 rings (SSSR count). The summed E-state index contributed by atoms with van der Waals surface area (Å²) in [5.41, 5.74) is 0. The van der Waals surface area contributed by atoms with Crippen molar-refractivity contribution in [1.29, 1.82) is 0 Å². The monoisotopic (exact) mass is 241 g/mol. The van der Waals surface area contributed by atoms with Crippen molar-refractivity contribution in [2.45, 2.75) is 0 Å². The van der Waals surface area contributed by atoms with Crippen molar-refractivity contribution in [3.63, 3.8) is 0 Å². The number of rotatable bonds is 3. The number of allylic oxidation sites excluding steroid dienone is 3. The lowest BCUT2D eigenvalue weighted by atomic mass is 9.84. The molecule has 92 valence electrons. The molecule has 2 unspecified atom stereocenters. The van der Waals surface area contributed by atoms with Crippen LogP contribution in [-0.2, 0) is 14.3 Å². The van der Waals surface area contributed by atoms with E-state index in [9.17, 15) is 14.0 Å². The molecule has 2 aliphatic rings. The lowest BCUT2D eigenvalue weighted by Gasteiger charge is -2.18. The Morgan fingerprint density at radius 3 is 2.88 bits per heavy atom. The molecule has 5 nitrogen and oxygen atoms in total. The number of amides is 1. The third-order valence-electron chi connectivity index (χ3n) is 3.13. The summed E-state index contributed by atoms with van der Waals surface area (Å²) in [4.78, 5) is 22.3. The molecular formula is C11H12FNO4. The van der Waals surface area contributed by atoms with Crippen LogP contribution in [0.1, 0.15) is 0 Å². The lowest BCUT2D eigenvalue weighted by Crippen LogP contribution is -2.30. The van der Waals surface area contributed by atoms with Crippen molar-refractivity contribution in [3.8, 4) is 0 Å². The van der Waals surface area contributed by atoms with Gasteiger partial charge in [0.25, 0.3) is 0 Å². The van der Waals surface area contributed by atoms with Crippen LogP contribution in [0.4, 0.5) is 4.39 Å². The van der Waals surface area contributed by atoms with Crippen LogP contribution in [-0.4, -0.2) is 30.6 Å². The highest BCUT2D eigenvalue weighted by molar-refractivity contribution is 5.99. The minimum Gasteiger partial charge on any atom is -0.497 e. The molecule has 1 amide bonds. The molecule has 0 saturated carbocycles. The van der Waals surface area contributed by atoms with Crippen molar-refractivity contribution in [2.75, 3.05) is 13.7 Å². The SMILES string of the molecule is COC1=CC(C2CNC(=O)[C@H]2C(=O)O)C(F)=C1. The maximum Gasteiger partial charge on any atom is 0.316 e. The minimum atomic E-state index is -1.22. The summed E-state index contributed by atoms with van der Waals surface area (Å²) in [6, 6.07) is 0. The lowest BCUT2D eigenvalue weighted by molar-refractivity contribution is -0.147. The zero-order valence-corrected chi connectivity index (χ0v) is 9.14. The Morgan fingerprint density at radius 2 is 2.35 bits per heavy atom. The normalized spacial score (nSPS) is 31.9. The first-order valence-electron chi connectivity index (χ1n) is 5.18. The Hall–Kier alpha value is -1.85. The van der Waals surface area contributed by atoms with Gasteiger partial charge in [-0.05, 0) is 6.08 Å². The van der Waals surface area contributed by atoms with Crippen LogP contribution in [0.25, 0.3) is 0 Å². The van der Waals surface area contributed by atoms with E-state index in [1.54, 1.807) is 0 Å². The number of carboxylic acid groups (broad SMARTS) is 1. The van der Waals surface area contributed by atoms with Crippen LogP contribution in [0.2, 0.25) is 0 Å². The number of ether oxygens (including phenoxy) is 1. The van der Waals surface area contributed by atoms with E-state index in [0.29, 0.717) is 5.76 Å². The third-order valence-corrected chi connectivity index (χ3v) is 3.13. The largest absolute Gasteiger partial charge is 0.497 e. The molecule has 1 aliphatic carbocycles. The van der Waals surface area contributed by atoms with E-state index in [2.05, 4.69) is 5.32 Å². The molecule has 0 aromatic carbocycles. The van der Waals surface area contributed by atoms with Gasteiger partial charge >= 0.3 is 5.97 Å². The number of halogens is 1. The van der Waals surface area contributed by atoms with Gasteiger partial charge in [0.05, 0.1) is 7.11 Å². The molecule has 0 aromatic rings. The molecule has 0 aromatic heterocycles. The van der Waals surface area contributed by atoms with Crippen molar-refractivity contribution in [3.05, 3.63) is 23.7 Å². The number of carboxylic acids is 1.